The molecule has 0 spiro atoms. The molecule has 102 valence electrons. The van der Waals surface area contributed by atoms with Crippen molar-refractivity contribution in [1.82, 2.24) is 0 Å². The minimum atomic E-state index is -5.82. The van der Waals surface area contributed by atoms with Gasteiger partial charge in [0.2, 0.25) is 0 Å². The lowest BCUT2D eigenvalue weighted by atomic mass is 10.6. The number of halogens is 2. The van der Waals surface area contributed by atoms with E-state index >= 15 is 0 Å². The lowest BCUT2D eigenvalue weighted by molar-refractivity contribution is -0.163. The number of alkyl halides is 2. The van der Waals surface area contributed by atoms with Crippen LogP contribution in [0.3, 0.4) is 0 Å². The molecule has 0 heterocycles. The van der Waals surface area contributed by atoms with Gasteiger partial charge in [-0.3, -0.25) is 4.55 Å². The molecule has 7 nitrogen and oxygen atoms in total. The molecule has 0 bridgehead atoms. The Labute approximate surface area is 96.4 Å². The Balaban J connectivity index is 3.96. The predicted molar refractivity (Wildman–Crippen MR) is 50.1 cm³/mol. The van der Waals surface area contributed by atoms with Crippen molar-refractivity contribution < 1.29 is 40.8 Å². The number of carbonyl (C=O) groups excluding carboxylic acids is 1. The molecule has 0 unspecified atom stereocenters. The first kappa shape index (κ1) is 16.2. The van der Waals surface area contributed by atoms with Crippen molar-refractivity contribution in [2.75, 3.05) is 33.5 Å². The van der Waals surface area contributed by atoms with E-state index < -0.39 is 27.9 Å². The molecule has 0 aliphatic carbocycles. The van der Waals surface area contributed by atoms with E-state index in [9.17, 15) is 22.0 Å². The van der Waals surface area contributed by atoms with Crippen molar-refractivity contribution in [3.05, 3.63) is 0 Å². The number of ether oxygens (including phenoxy) is 3. The Kier molecular flexibility index (Phi) is 6.45. The minimum Gasteiger partial charge on any atom is -0.458 e. The molecule has 0 aromatic rings. The van der Waals surface area contributed by atoms with Crippen LogP contribution in [0.4, 0.5) is 8.78 Å². The van der Waals surface area contributed by atoms with Crippen molar-refractivity contribution >= 4 is 16.1 Å². The molecular formula is C7H12F2O7S. The average Bonchev–Trinajstić information content (AvgIpc) is 2.21. The molecule has 0 aromatic carbocycles. The smallest absolute Gasteiger partial charge is 0.458 e. The van der Waals surface area contributed by atoms with Crippen molar-refractivity contribution in [3.8, 4) is 0 Å². The second-order valence-corrected chi connectivity index (χ2v) is 4.20. The lowest BCUT2D eigenvalue weighted by Crippen LogP contribution is -2.39. The highest BCUT2D eigenvalue weighted by Gasteiger charge is 2.54. The normalized spacial score (nSPS) is 12.5. The van der Waals surface area contributed by atoms with Crippen LogP contribution >= 0.6 is 0 Å². The topological polar surface area (TPSA) is 99.1 Å². The van der Waals surface area contributed by atoms with E-state index in [0.29, 0.717) is 0 Å². The summed E-state index contributed by atoms with van der Waals surface area (Å²) >= 11 is 0. The van der Waals surface area contributed by atoms with Gasteiger partial charge in [-0.1, -0.05) is 0 Å². The fourth-order valence-electron chi connectivity index (χ4n) is 0.627. The van der Waals surface area contributed by atoms with Gasteiger partial charge >= 0.3 is 21.3 Å². The Bertz CT molecular complexity index is 340. The van der Waals surface area contributed by atoms with Gasteiger partial charge in [-0.2, -0.15) is 17.2 Å². The molecule has 0 atom stereocenters. The van der Waals surface area contributed by atoms with Gasteiger partial charge in [0.1, 0.15) is 6.61 Å². The Hall–Kier alpha value is -0.840. The van der Waals surface area contributed by atoms with Gasteiger partial charge in [0.05, 0.1) is 19.8 Å². The van der Waals surface area contributed by atoms with E-state index in [-0.39, 0.29) is 19.8 Å². The highest BCUT2D eigenvalue weighted by atomic mass is 32.2. The summed E-state index contributed by atoms with van der Waals surface area (Å²) in [6.45, 7) is -0.317. The van der Waals surface area contributed by atoms with E-state index in [2.05, 4.69) is 9.47 Å². The van der Waals surface area contributed by atoms with Crippen LogP contribution < -0.4 is 0 Å². The van der Waals surface area contributed by atoms with Crippen LogP contribution in [0.5, 0.6) is 0 Å². The van der Waals surface area contributed by atoms with Gasteiger partial charge in [-0.15, -0.1) is 0 Å². The first-order valence-electron chi connectivity index (χ1n) is 4.32. The minimum absolute atomic E-state index is 0.169. The summed E-state index contributed by atoms with van der Waals surface area (Å²) in [5, 5.41) is -4.97. The molecule has 0 amide bonds. The summed E-state index contributed by atoms with van der Waals surface area (Å²) in [6, 6.07) is 0. The lowest BCUT2D eigenvalue weighted by Gasteiger charge is -2.11. The van der Waals surface area contributed by atoms with Crippen molar-refractivity contribution in [1.29, 1.82) is 0 Å². The third-order valence-electron chi connectivity index (χ3n) is 1.45. The molecule has 1 N–H and O–H groups in total. The highest BCUT2D eigenvalue weighted by Crippen LogP contribution is 2.21. The number of hydrogen-bond donors (Lipinski definition) is 1. The molecule has 0 aliphatic heterocycles. The summed E-state index contributed by atoms with van der Waals surface area (Å²) in [5.74, 6) is -2.35. The summed E-state index contributed by atoms with van der Waals surface area (Å²) in [7, 11) is -4.39. The zero-order valence-electron chi connectivity index (χ0n) is 8.89. The van der Waals surface area contributed by atoms with Gasteiger partial charge in [-0.05, 0) is 0 Å². The number of methoxy groups -OCH3 is 1. The Morgan fingerprint density at radius 2 is 1.76 bits per heavy atom. The third-order valence-corrected chi connectivity index (χ3v) is 2.27. The van der Waals surface area contributed by atoms with Crippen molar-refractivity contribution in [2.24, 2.45) is 0 Å². The van der Waals surface area contributed by atoms with E-state index in [4.69, 9.17) is 9.29 Å². The number of rotatable bonds is 8. The largest absolute Gasteiger partial charge is 0.465 e. The van der Waals surface area contributed by atoms with Gasteiger partial charge in [-0.25, -0.2) is 4.79 Å². The third kappa shape index (κ3) is 5.35. The maximum Gasteiger partial charge on any atom is 0.465 e. The predicted octanol–water partition coefficient (Wildman–Crippen LogP) is -0.327. The van der Waals surface area contributed by atoms with Crippen LogP contribution in [-0.2, 0) is 29.1 Å². The van der Waals surface area contributed by atoms with E-state index in [0.717, 1.165) is 0 Å². The molecule has 0 aromatic heterocycles. The summed E-state index contributed by atoms with van der Waals surface area (Å²) in [5.41, 5.74) is 0. The molecule has 10 heteroatoms. The number of hydrogen-bond acceptors (Lipinski definition) is 6. The van der Waals surface area contributed by atoms with Gasteiger partial charge in [0.15, 0.2) is 0 Å². The van der Waals surface area contributed by atoms with Crippen LogP contribution in [0.1, 0.15) is 0 Å². The van der Waals surface area contributed by atoms with Crippen LogP contribution in [0, 0.1) is 0 Å². The summed E-state index contributed by atoms with van der Waals surface area (Å²) in [4.78, 5) is 10.6. The molecular weight excluding hydrogens is 266 g/mol. The maximum atomic E-state index is 12.6. The van der Waals surface area contributed by atoms with Crippen molar-refractivity contribution in [2.45, 2.75) is 5.25 Å². The van der Waals surface area contributed by atoms with E-state index in [1.54, 1.807) is 0 Å². The fourth-order valence-corrected chi connectivity index (χ4v) is 0.896. The highest BCUT2D eigenvalue weighted by molar-refractivity contribution is 7.87. The number of carbonyl (C=O) groups is 1. The Morgan fingerprint density at radius 3 is 2.24 bits per heavy atom. The molecule has 0 fully saturated rings. The van der Waals surface area contributed by atoms with Gasteiger partial charge < -0.3 is 14.2 Å². The summed E-state index contributed by atoms with van der Waals surface area (Å²) in [6.07, 6.45) is 0. The molecule has 0 radical (unpaired) electrons. The SMILES string of the molecule is COCCOCCOC(=O)C(F)(F)S(=O)(=O)O. The zero-order chi connectivity index (χ0) is 13.5. The molecule has 17 heavy (non-hydrogen) atoms. The molecule has 0 aliphatic rings. The van der Waals surface area contributed by atoms with Crippen LogP contribution in [0.25, 0.3) is 0 Å². The van der Waals surface area contributed by atoms with E-state index in [1.807, 2.05) is 0 Å². The fraction of sp³-hybridized carbons (Fsp3) is 0.857. The monoisotopic (exact) mass is 278 g/mol. The quantitative estimate of drug-likeness (QED) is 0.369. The molecule has 0 rings (SSSR count). The first-order chi connectivity index (χ1) is 7.73. The van der Waals surface area contributed by atoms with Gasteiger partial charge in [0.25, 0.3) is 0 Å². The van der Waals surface area contributed by atoms with Gasteiger partial charge in [0, 0.05) is 7.11 Å². The van der Waals surface area contributed by atoms with E-state index in [1.165, 1.54) is 7.11 Å². The van der Waals surface area contributed by atoms with Crippen LogP contribution in [0.2, 0.25) is 0 Å². The maximum absolute atomic E-state index is 12.6. The van der Waals surface area contributed by atoms with Crippen molar-refractivity contribution in [3.63, 3.8) is 0 Å². The first-order valence-corrected chi connectivity index (χ1v) is 5.76. The number of esters is 1. The standard InChI is InChI=1S/C7H12F2O7S/c1-14-2-3-15-4-5-16-6(10)7(8,9)17(11,12)13/h2-5H2,1H3,(H,11,12,13). The zero-order valence-corrected chi connectivity index (χ0v) is 9.71. The summed E-state index contributed by atoms with van der Waals surface area (Å²) < 4.78 is 66.8. The second-order valence-electron chi connectivity index (χ2n) is 2.73. The second kappa shape index (κ2) is 6.79. The van der Waals surface area contributed by atoms with Crippen LogP contribution in [0.15, 0.2) is 0 Å². The average molecular weight is 278 g/mol. The Morgan fingerprint density at radius 1 is 1.24 bits per heavy atom. The molecule has 0 saturated heterocycles. The van der Waals surface area contributed by atoms with Crippen LogP contribution in [-0.4, -0.2) is 57.7 Å². The molecule has 0 saturated carbocycles.